The second kappa shape index (κ2) is 9.98. The minimum Gasteiger partial charge on any atom is -0.507 e. The summed E-state index contributed by atoms with van der Waals surface area (Å²) in [5.41, 5.74) is 0.315. The van der Waals surface area contributed by atoms with E-state index in [1.807, 2.05) is 13.8 Å². The molecule has 2 N–H and O–H groups in total. The summed E-state index contributed by atoms with van der Waals surface area (Å²) < 4.78 is 0. The lowest BCUT2D eigenvalue weighted by atomic mass is 10.0. The van der Waals surface area contributed by atoms with Gasteiger partial charge in [0, 0.05) is 18.9 Å². The fourth-order valence-electron chi connectivity index (χ4n) is 2.21. The smallest absolute Gasteiger partial charge is 0.255 e. The summed E-state index contributed by atoms with van der Waals surface area (Å²) in [6.45, 7) is 4.49. The Bertz CT molecular complexity index is 483. The average molecular weight is 305 g/mol. The van der Waals surface area contributed by atoms with Crippen LogP contribution in [0.5, 0.6) is 5.75 Å². The van der Waals surface area contributed by atoms with Crippen LogP contribution in [0, 0.1) is 5.92 Å². The Labute approximate surface area is 132 Å². The van der Waals surface area contributed by atoms with Gasteiger partial charge >= 0.3 is 0 Å². The molecule has 0 saturated heterocycles. The fraction of sp³-hybridized carbons (Fsp3) is 0.556. The van der Waals surface area contributed by atoms with E-state index in [2.05, 4.69) is 5.32 Å². The number of rotatable bonds is 10. The third-order valence-corrected chi connectivity index (χ3v) is 3.68. The number of aromatic hydroxyl groups is 1. The van der Waals surface area contributed by atoms with Crippen molar-refractivity contribution < 1.29 is 14.7 Å². The molecular formula is C18H27NO3. The number of Topliss-reactive ketones (excluding diaryl/α,β-unsaturated/α-hetero) is 1. The van der Waals surface area contributed by atoms with Gasteiger partial charge in [-0.15, -0.1) is 0 Å². The van der Waals surface area contributed by atoms with Crippen molar-refractivity contribution in [3.63, 3.8) is 0 Å². The highest BCUT2D eigenvalue weighted by Crippen LogP contribution is 2.15. The number of phenols is 1. The van der Waals surface area contributed by atoms with Gasteiger partial charge in [0.15, 0.2) is 0 Å². The Morgan fingerprint density at radius 1 is 1.05 bits per heavy atom. The Hall–Kier alpha value is -1.84. The van der Waals surface area contributed by atoms with Gasteiger partial charge in [-0.05, 0) is 25.0 Å². The number of carbonyl (C=O) groups is 2. The zero-order chi connectivity index (χ0) is 16.4. The highest BCUT2D eigenvalue weighted by Gasteiger charge is 2.09. The molecule has 4 nitrogen and oxygen atoms in total. The third-order valence-electron chi connectivity index (χ3n) is 3.68. The Kier molecular flexibility index (Phi) is 8.26. The molecule has 1 amide bonds. The van der Waals surface area contributed by atoms with Gasteiger partial charge in [-0.1, -0.05) is 45.2 Å². The van der Waals surface area contributed by atoms with Crippen LogP contribution in [0.2, 0.25) is 0 Å². The van der Waals surface area contributed by atoms with E-state index >= 15 is 0 Å². The average Bonchev–Trinajstić information content (AvgIpc) is 2.49. The predicted octanol–water partition coefficient (Wildman–Crippen LogP) is 3.69. The van der Waals surface area contributed by atoms with Crippen LogP contribution in [0.25, 0.3) is 0 Å². The van der Waals surface area contributed by atoms with Crippen LogP contribution in [-0.4, -0.2) is 23.3 Å². The van der Waals surface area contributed by atoms with Crippen LogP contribution in [0.15, 0.2) is 24.3 Å². The van der Waals surface area contributed by atoms with Gasteiger partial charge < -0.3 is 10.4 Å². The molecule has 0 aliphatic heterocycles. The molecule has 22 heavy (non-hydrogen) atoms. The minimum absolute atomic E-state index is 0.00909. The lowest BCUT2D eigenvalue weighted by Crippen LogP contribution is -2.24. The maximum Gasteiger partial charge on any atom is 0.255 e. The van der Waals surface area contributed by atoms with Crippen molar-refractivity contribution in [1.29, 1.82) is 0 Å². The number of unbranched alkanes of at least 4 members (excludes halogenated alkanes) is 4. The SMILES string of the molecule is CC(C)C(=O)CCCCCCCNC(=O)c1ccccc1O. The number of hydrogen-bond acceptors (Lipinski definition) is 3. The van der Waals surface area contributed by atoms with Crippen molar-refractivity contribution in [3.8, 4) is 5.75 Å². The van der Waals surface area contributed by atoms with Crippen molar-refractivity contribution >= 4 is 11.7 Å². The molecule has 0 aliphatic carbocycles. The van der Waals surface area contributed by atoms with Crippen molar-refractivity contribution in [1.82, 2.24) is 5.32 Å². The molecule has 122 valence electrons. The van der Waals surface area contributed by atoms with Gasteiger partial charge in [-0.3, -0.25) is 9.59 Å². The number of nitrogens with one attached hydrogen (secondary N) is 1. The van der Waals surface area contributed by atoms with Gasteiger partial charge in [0.2, 0.25) is 0 Å². The molecule has 1 aromatic carbocycles. The number of amides is 1. The molecule has 0 aromatic heterocycles. The highest BCUT2D eigenvalue weighted by molar-refractivity contribution is 5.96. The van der Waals surface area contributed by atoms with E-state index < -0.39 is 0 Å². The van der Waals surface area contributed by atoms with Crippen molar-refractivity contribution in [2.45, 2.75) is 52.4 Å². The molecule has 1 aromatic rings. The molecule has 0 fully saturated rings. The van der Waals surface area contributed by atoms with Crippen LogP contribution < -0.4 is 5.32 Å². The van der Waals surface area contributed by atoms with E-state index in [-0.39, 0.29) is 17.6 Å². The molecule has 0 radical (unpaired) electrons. The van der Waals surface area contributed by atoms with Crippen LogP contribution >= 0.6 is 0 Å². The van der Waals surface area contributed by atoms with Crippen LogP contribution in [0.4, 0.5) is 0 Å². The van der Waals surface area contributed by atoms with Crippen LogP contribution in [-0.2, 0) is 4.79 Å². The van der Waals surface area contributed by atoms with Gasteiger partial charge in [0.1, 0.15) is 11.5 Å². The Morgan fingerprint density at radius 2 is 1.68 bits per heavy atom. The first-order valence-corrected chi connectivity index (χ1v) is 8.11. The Morgan fingerprint density at radius 3 is 2.36 bits per heavy atom. The largest absolute Gasteiger partial charge is 0.507 e. The summed E-state index contributed by atoms with van der Waals surface area (Å²) in [5.74, 6) is 0.259. The number of phenolic OH excluding ortho intramolecular Hbond substituents is 1. The molecule has 0 saturated carbocycles. The Balaban J connectivity index is 2.05. The maximum absolute atomic E-state index is 11.8. The van der Waals surface area contributed by atoms with E-state index in [1.165, 1.54) is 6.07 Å². The molecule has 0 spiro atoms. The third kappa shape index (κ3) is 6.74. The first kappa shape index (κ1) is 18.2. The lowest BCUT2D eigenvalue weighted by Gasteiger charge is -2.07. The summed E-state index contributed by atoms with van der Waals surface area (Å²) in [6.07, 6.45) is 5.74. The van der Waals surface area contributed by atoms with Crippen LogP contribution in [0.1, 0.15) is 62.7 Å². The summed E-state index contributed by atoms with van der Waals surface area (Å²) in [6, 6.07) is 6.53. The van der Waals surface area contributed by atoms with Crippen molar-refractivity contribution in [2.75, 3.05) is 6.54 Å². The molecule has 0 aliphatic rings. The zero-order valence-corrected chi connectivity index (χ0v) is 13.6. The predicted molar refractivity (Wildman–Crippen MR) is 88.0 cm³/mol. The first-order valence-electron chi connectivity index (χ1n) is 8.11. The lowest BCUT2D eigenvalue weighted by molar-refractivity contribution is -0.122. The number of ketones is 1. The fourth-order valence-corrected chi connectivity index (χ4v) is 2.21. The van der Waals surface area contributed by atoms with Gasteiger partial charge in [0.25, 0.3) is 5.91 Å². The number of benzene rings is 1. The molecule has 4 heteroatoms. The molecule has 0 unspecified atom stereocenters. The monoisotopic (exact) mass is 305 g/mol. The summed E-state index contributed by atoms with van der Waals surface area (Å²) in [5, 5.41) is 12.4. The van der Waals surface area contributed by atoms with E-state index in [0.29, 0.717) is 24.3 Å². The van der Waals surface area contributed by atoms with E-state index in [1.54, 1.807) is 18.2 Å². The molecule has 0 atom stereocenters. The van der Waals surface area contributed by atoms with E-state index in [0.717, 1.165) is 32.1 Å². The molecule has 0 heterocycles. The quantitative estimate of drug-likeness (QED) is 0.648. The van der Waals surface area contributed by atoms with Crippen molar-refractivity contribution in [2.24, 2.45) is 5.92 Å². The van der Waals surface area contributed by atoms with Gasteiger partial charge in [-0.2, -0.15) is 0 Å². The standard InChI is InChI=1S/C18H27NO3/c1-14(2)16(20)11-6-4-3-5-9-13-19-18(22)15-10-7-8-12-17(15)21/h7-8,10,12,14,21H,3-6,9,11,13H2,1-2H3,(H,19,22). The van der Waals surface area contributed by atoms with Gasteiger partial charge in [0.05, 0.1) is 5.56 Å². The molecular weight excluding hydrogens is 278 g/mol. The second-order valence-corrected chi connectivity index (χ2v) is 5.91. The topological polar surface area (TPSA) is 66.4 Å². The van der Waals surface area contributed by atoms with Crippen LogP contribution in [0.3, 0.4) is 0 Å². The summed E-state index contributed by atoms with van der Waals surface area (Å²) in [4.78, 5) is 23.3. The minimum atomic E-state index is -0.236. The second-order valence-electron chi connectivity index (χ2n) is 5.91. The van der Waals surface area contributed by atoms with E-state index in [4.69, 9.17) is 0 Å². The summed E-state index contributed by atoms with van der Waals surface area (Å²) >= 11 is 0. The molecule has 0 bridgehead atoms. The van der Waals surface area contributed by atoms with Crippen molar-refractivity contribution in [3.05, 3.63) is 29.8 Å². The normalized spacial score (nSPS) is 10.7. The maximum atomic E-state index is 11.8. The zero-order valence-electron chi connectivity index (χ0n) is 13.6. The highest BCUT2D eigenvalue weighted by atomic mass is 16.3. The van der Waals surface area contributed by atoms with E-state index in [9.17, 15) is 14.7 Å². The summed E-state index contributed by atoms with van der Waals surface area (Å²) in [7, 11) is 0. The number of hydrogen-bond donors (Lipinski definition) is 2. The van der Waals surface area contributed by atoms with Gasteiger partial charge in [-0.25, -0.2) is 0 Å². The molecule has 1 rings (SSSR count). The first-order chi connectivity index (χ1) is 10.5. The number of para-hydroxylation sites is 1. The number of carbonyl (C=O) groups excluding carboxylic acids is 2.